The van der Waals surface area contributed by atoms with Crippen LogP contribution in [0.25, 0.3) is 11.3 Å². The maximum absolute atomic E-state index is 6.02. The van der Waals surface area contributed by atoms with Gasteiger partial charge in [0.25, 0.3) is 0 Å². The average molecular weight is 250 g/mol. The number of nitrogen functional groups attached to an aromatic ring is 1. The van der Waals surface area contributed by atoms with E-state index < -0.39 is 0 Å². The molecular formula is C13H16ClN3. The Hall–Kier alpha value is -1.48. The molecule has 90 valence electrons. The summed E-state index contributed by atoms with van der Waals surface area (Å²) in [7, 11) is 0. The lowest BCUT2D eigenvalue weighted by molar-refractivity contribution is 0.927. The fourth-order valence-corrected chi connectivity index (χ4v) is 2.04. The molecule has 1 aromatic heterocycles. The Bertz CT molecular complexity index is 531. The molecule has 0 aliphatic rings. The second kappa shape index (κ2) is 4.80. The number of rotatable bonds is 3. The van der Waals surface area contributed by atoms with Gasteiger partial charge >= 0.3 is 0 Å². The van der Waals surface area contributed by atoms with Gasteiger partial charge < -0.3 is 5.73 Å². The highest BCUT2D eigenvalue weighted by molar-refractivity contribution is 6.31. The van der Waals surface area contributed by atoms with Crippen LogP contribution in [0.5, 0.6) is 0 Å². The maximum atomic E-state index is 6.02. The predicted molar refractivity (Wildman–Crippen MR) is 72.2 cm³/mol. The molecule has 1 heterocycles. The number of hydrogen-bond donors (Lipinski definition) is 2. The Kier molecular flexibility index (Phi) is 3.38. The normalized spacial score (nSPS) is 10.8. The molecule has 4 heteroatoms. The number of nitrogens with zero attached hydrogens (tertiary/aromatic N) is 1. The lowest BCUT2D eigenvalue weighted by Gasteiger charge is -2.05. The third kappa shape index (κ3) is 2.29. The molecule has 0 aliphatic heterocycles. The third-order valence-corrected chi connectivity index (χ3v) is 3.27. The summed E-state index contributed by atoms with van der Waals surface area (Å²) in [5.74, 6) is 0.592. The Balaban J connectivity index is 2.48. The third-order valence-electron chi connectivity index (χ3n) is 2.85. The lowest BCUT2D eigenvalue weighted by atomic mass is 10.0. The number of halogens is 1. The van der Waals surface area contributed by atoms with Gasteiger partial charge in [-0.25, -0.2) is 0 Å². The quantitative estimate of drug-likeness (QED) is 0.874. The molecule has 17 heavy (non-hydrogen) atoms. The molecule has 0 bridgehead atoms. The largest absolute Gasteiger partial charge is 0.382 e. The lowest BCUT2D eigenvalue weighted by Crippen LogP contribution is -1.93. The molecule has 0 saturated carbocycles. The first-order valence-corrected chi connectivity index (χ1v) is 6.10. The molecule has 0 amide bonds. The van der Waals surface area contributed by atoms with Crippen LogP contribution in [0, 0.1) is 6.92 Å². The van der Waals surface area contributed by atoms with E-state index in [1.54, 1.807) is 0 Å². The van der Waals surface area contributed by atoms with Gasteiger partial charge in [0, 0.05) is 16.1 Å². The number of aryl methyl sites for hydroxylation is 1. The Morgan fingerprint density at radius 1 is 1.41 bits per heavy atom. The predicted octanol–water partition coefficient (Wildman–Crippen LogP) is 3.57. The number of benzene rings is 1. The summed E-state index contributed by atoms with van der Waals surface area (Å²) in [6, 6.07) is 5.94. The first kappa shape index (κ1) is 12.0. The average Bonchev–Trinajstić information content (AvgIpc) is 2.66. The summed E-state index contributed by atoms with van der Waals surface area (Å²) in [6.45, 7) is 4.12. The Morgan fingerprint density at radius 3 is 2.82 bits per heavy atom. The van der Waals surface area contributed by atoms with Crippen LogP contribution < -0.4 is 5.73 Å². The fraction of sp³-hybridized carbons (Fsp3) is 0.308. The van der Waals surface area contributed by atoms with E-state index in [0.29, 0.717) is 5.82 Å². The van der Waals surface area contributed by atoms with Gasteiger partial charge in [-0.2, -0.15) is 5.10 Å². The van der Waals surface area contributed by atoms with Gasteiger partial charge in [-0.1, -0.05) is 31.0 Å². The van der Waals surface area contributed by atoms with Gasteiger partial charge in [-0.15, -0.1) is 0 Å². The summed E-state index contributed by atoms with van der Waals surface area (Å²) in [5, 5.41) is 7.86. The van der Waals surface area contributed by atoms with Crippen molar-refractivity contribution in [3.63, 3.8) is 0 Å². The van der Waals surface area contributed by atoms with E-state index >= 15 is 0 Å². The maximum Gasteiger partial charge on any atom is 0.149 e. The molecule has 3 N–H and O–H groups in total. The van der Waals surface area contributed by atoms with Gasteiger partial charge in [-0.3, -0.25) is 5.10 Å². The van der Waals surface area contributed by atoms with Crippen LogP contribution in [0.4, 0.5) is 5.82 Å². The highest BCUT2D eigenvalue weighted by Crippen LogP contribution is 2.29. The molecule has 0 atom stereocenters. The van der Waals surface area contributed by atoms with E-state index in [2.05, 4.69) is 23.2 Å². The molecule has 2 aromatic rings. The van der Waals surface area contributed by atoms with Crippen molar-refractivity contribution in [3.8, 4) is 11.3 Å². The second-order valence-electron chi connectivity index (χ2n) is 4.18. The minimum Gasteiger partial charge on any atom is -0.382 e. The Morgan fingerprint density at radius 2 is 2.18 bits per heavy atom. The van der Waals surface area contributed by atoms with Crippen molar-refractivity contribution in [3.05, 3.63) is 34.3 Å². The van der Waals surface area contributed by atoms with Gasteiger partial charge in [0.1, 0.15) is 5.82 Å². The van der Waals surface area contributed by atoms with Crippen LogP contribution in [-0.2, 0) is 6.42 Å². The summed E-state index contributed by atoms with van der Waals surface area (Å²) < 4.78 is 0. The highest BCUT2D eigenvalue weighted by atomic mass is 35.5. The van der Waals surface area contributed by atoms with Gasteiger partial charge in [0.05, 0.1) is 5.69 Å². The summed E-state index contributed by atoms with van der Waals surface area (Å²) in [6.07, 6.45) is 1.97. The molecule has 0 spiro atoms. The van der Waals surface area contributed by atoms with Gasteiger partial charge in [-0.05, 0) is 31.0 Å². The Labute approximate surface area is 106 Å². The van der Waals surface area contributed by atoms with Crippen molar-refractivity contribution in [2.24, 2.45) is 0 Å². The van der Waals surface area contributed by atoms with Crippen molar-refractivity contribution in [1.82, 2.24) is 10.2 Å². The minimum atomic E-state index is 0.592. The zero-order valence-electron chi connectivity index (χ0n) is 10.0. The molecule has 3 nitrogen and oxygen atoms in total. The van der Waals surface area contributed by atoms with Crippen molar-refractivity contribution < 1.29 is 0 Å². The van der Waals surface area contributed by atoms with E-state index in [1.165, 1.54) is 0 Å². The van der Waals surface area contributed by atoms with Crippen molar-refractivity contribution in [2.45, 2.75) is 26.7 Å². The first-order valence-electron chi connectivity index (χ1n) is 5.72. The molecule has 0 unspecified atom stereocenters. The van der Waals surface area contributed by atoms with E-state index in [9.17, 15) is 0 Å². The zero-order chi connectivity index (χ0) is 12.4. The smallest absolute Gasteiger partial charge is 0.149 e. The zero-order valence-corrected chi connectivity index (χ0v) is 10.8. The van der Waals surface area contributed by atoms with Crippen LogP contribution in [-0.4, -0.2) is 10.2 Å². The van der Waals surface area contributed by atoms with E-state index in [4.69, 9.17) is 17.3 Å². The number of nitrogens with two attached hydrogens (primary N) is 1. The molecular weight excluding hydrogens is 234 g/mol. The molecule has 0 aliphatic carbocycles. The molecule has 0 saturated heterocycles. The minimum absolute atomic E-state index is 0.592. The monoisotopic (exact) mass is 249 g/mol. The highest BCUT2D eigenvalue weighted by Gasteiger charge is 2.12. The standard InChI is InChI=1S/C13H16ClN3/c1-3-4-10-12(16-17-13(10)15)9-5-6-11(14)8(2)7-9/h5-7H,3-4H2,1-2H3,(H3,15,16,17). The molecule has 0 radical (unpaired) electrons. The molecule has 1 aromatic carbocycles. The molecule has 2 rings (SSSR count). The van der Waals surface area contributed by atoms with Gasteiger partial charge in [0.15, 0.2) is 0 Å². The fourth-order valence-electron chi connectivity index (χ4n) is 1.92. The second-order valence-corrected chi connectivity index (χ2v) is 4.58. The topological polar surface area (TPSA) is 54.7 Å². The van der Waals surface area contributed by atoms with E-state index in [-0.39, 0.29) is 0 Å². The van der Waals surface area contributed by atoms with Crippen LogP contribution in [0.2, 0.25) is 5.02 Å². The number of aromatic nitrogens is 2. The number of anilines is 1. The van der Waals surface area contributed by atoms with Crippen LogP contribution in [0.3, 0.4) is 0 Å². The first-order chi connectivity index (χ1) is 8.13. The number of H-pyrrole nitrogens is 1. The van der Waals surface area contributed by atoms with Crippen LogP contribution >= 0.6 is 11.6 Å². The summed E-state index contributed by atoms with van der Waals surface area (Å²) in [4.78, 5) is 0. The van der Waals surface area contributed by atoms with Crippen LogP contribution in [0.1, 0.15) is 24.5 Å². The van der Waals surface area contributed by atoms with E-state index in [1.807, 2.05) is 19.1 Å². The molecule has 0 fully saturated rings. The van der Waals surface area contributed by atoms with Crippen molar-refractivity contribution in [2.75, 3.05) is 5.73 Å². The van der Waals surface area contributed by atoms with E-state index in [0.717, 1.165) is 40.2 Å². The van der Waals surface area contributed by atoms with Crippen molar-refractivity contribution >= 4 is 17.4 Å². The summed E-state index contributed by atoms with van der Waals surface area (Å²) in [5.41, 5.74) is 10.1. The number of aromatic amines is 1. The van der Waals surface area contributed by atoms with Crippen molar-refractivity contribution in [1.29, 1.82) is 0 Å². The van der Waals surface area contributed by atoms with Crippen LogP contribution in [0.15, 0.2) is 18.2 Å². The summed E-state index contributed by atoms with van der Waals surface area (Å²) >= 11 is 6.02. The number of hydrogen-bond acceptors (Lipinski definition) is 2. The SMILES string of the molecule is CCCc1c(N)n[nH]c1-c1ccc(Cl)c(C)c1. The van der Waals surface area contributed by atoms with Gasteiger partial charge in [0.2, 0.25) is 0 Å². The number of nitrogens with one attached hydrogen (secondary N) is 1.